The highest BCUT2D eigenvalue weighted by molar-refractivity contribution is 6.35. The predicted octanol–water partition coefficient (Wildman–Crippen LogP) is 3.86. The van der Waals surface area contributed by atoms with Crippen molar-refractivity contribution >= 4 is 40.8 Å². The number of halogens is 3. The van der Waals surface area contributed by atoms with Gasteiger partial charge in [0.25, 0.3) is 5.91 Å². The normalized spacial score (nSPS) is 10.2. The molecule has 23 heavy (non-hydrogen) atoms. The second-order valence-electron chi connectivity index (χ2n) is 4.64. The molecule has 0 saturated heterocycles. The molecule has 0 radical (unpaired) electrons. The molecule has 0 unspecified atom stereocenters. The van der Waals surface area contributed by atoms with Crippen molar-refractivity contribution in [1.82, 2.24) is 0 Å². The Kier molecular flexibility index (Phi) is 5.96. The molecule has 0 bridgehead atoms. The van der Waals surface area contributed by atoms with E-state index in [1.54, 1.807) is 6.07 Å². The zero-order valence-electron chi connectivity index (χ0n) is 11.8. The summed E-state index contributed by atoms with van der Waals surface area (Å²) in [4.78, 5) is 23.3. The Labute approximate surface area is 142 Å². The molecule has 0 aliphatic heterocycles. The van der Waals surface area contributed by atoms with Crippen molar-refractivity contribution in [3.8, 4) is 0 Å². The molecule has 120 valence electrons. The van der Waals surface area contributed by atoms with Gasteiger partial charge in [0.1, 0.15) is 5.82 Å². The summed E-state index contributed by atoms with van der Waals surface area (Å²) in [5.74, 6) is -1.75. The van der Waals surface area contributed by atoms with Crippen LogP contribution in [-0.4, -0.2) is 18.5 Å². The first kappa shape index (κ1) is 17.2. The van der Waals surface area contributed by atoms with Gasteiger partial charge in [-0.15, -0.1) is 0 Å². The van der Waals surface area contributed by atoms with Crippen molar-refractivity contribution in [2.24, 2.45) is 0 Å². The number of hydrogen-bond acceptors (Lipinski definition) is 3. The number of anilines is 1. The lowest BCUT2D eigenvalue weighted by molar-refractivity contribution is -0.146. The summed E-state index contributed by atoms with van der Waals surface area (Å²) in [5, 5.41) is 3.23. The maximum absolute atomic E-state index is 13.4. The monoisotopic (exact) mass is 355 g/mol. The van der Waals surface area contributed by atoms with Crippen molar-refractivity contribution in [2.45, 2.75) is 6.42 Å². The number of rotatable bonds is 5. The van der Waals surface area contributed by atoms with Crippen LogP contribution in [0.25, 0.3) is 0 Å². The van der Waals surface area contributed by atoms with Gasteiger partial charge in [0.2, 0.25) is 0 Å². The minimum absolute atomic E-state index is 0.208. The second-order valence-corrected chi connectivity index (χ2v) is 5.51. The molecule has 7 heteroatoms. The SMILES string of the molecule is O=C(COC(=O)Cc1ccccc1F)Nc1cc(Cl)cc(Cl)c1. The average molecular weight is 356 g/mol. The van der Waals surface area contributed by atoms with Crippen molar-refractivity contribution < 1.29 is 18.7 Å². The van der Waals surface area contributed by atoms with Gasteiger partial charge < -0.3 is 10.1 Å². The van der Waals surface area contributed by atoms with Gasteiger partial charge in [-0.05, 0) is 29.8 Å². The molecule has 4 nitrogen and oxygen atoms in total. The topological polar surface area (TPSA) is 55.4 Å². The van der Waals surface area contributed by atoms with E-state index in [9.17, 15) is 14.0 Å². The third kappa shape index (κ3) is 5.54. The van der Waals surface area contributed by atoms with E-state index in [2.05, 4.69) is 5.32 Å². The molecule has 2 aromatic rings. The maximum atomic E-state index is 13.4. The fraction of sp³-hybridized carbons (Fsp3) is 0.125. The van der Waals surface area contributed by atoms with E-state index in [0.29, 0.717) is 15.7 Å². The first-order valence-corrected chi connectivity index (χ1v) is 7.34. The van der Waals surface area contributed by atoms with Crippen LogP contribution in [0.2, 0.25) is 10.0 Å². The number of amides is 1. The first-order chi connectivity index (χ1) is 10.9. The summed E-state index contributed by atoms with van der Waals surface area (Å²) in [7, 11) is 0. The van der Waals surface area contributed by atoms with Crippen LogP contribution in [0, 0.1) is 5.82 Å². The average Bonchev–Trinajstić information content (AvgIpc) is 2.46. The lowest BCUT2D eigenvalue weighted by Gasteiger charge is -2.08. The van der Waals surface area contributed by atoms with Gasteiger partial charge >= 0.3 is 5.97 Å². The number of hydrogen-bond donors (Lipinski definition) is 1. The summed E-state index contributed by atoms with van der Waals surface area (Å²) < 4.78 is 18.2. The smallest absolute Gasteiger partial charge is 0.310 e. The van der Waals surface area contributed by atoms with Crippen LogP contribution in [0.4, 0.5) is 10.1 Å². The highest BCUT2D eigenvalue weighted by Crippen LogP contribution is 2.22. The summed E-state index contributed by atoms with van der Waals surface area (Å²) in [6, 6.07) is 10.4. The van der Waals surface area contributed by atoms with Crippen molar-refractivity contribution in [3.63, 3.8) is 0 Å². The van der Waals surface area contributed by atoms with E-state index >= 15 is 0 Å². The number of esters is 1. The van der Waals surface area contributed by atoms with Gasteiger partial charge in [0.15, 0.2) is 6.61 Å². The third-order valence-electron chi connectivity index (χ3n) is 2.80. The summed E-state index contributed by atoms with van der Waals surface area (Å²) in [6.45, 7) is -0.489. The highest BCUT2D eigenvalue weighted by atomic mass is 35.5. The molecule has 0 aliphatic rings. The molecular weight excluding hydrogens is 344 g/mol. The Hall–Kier alpha value is -2.11. The van der Waals surface area contributed by atoms with Crippen LogP contribution < -0.4 is 5.32 Å². The molecular formula is C16H12Cl2FNO3. The predicted molar refractivity (Wildman–Crippen MR) is 86.2 cm³/mol. The van der Waals surface area contributed by atoms with Crippen molar-refractivity contribution in [1.29, 1.82) is 0 Å². The van der Waals surface area contributed by atoms with Crippen LogP contribution in [0.15, 0.2) is 42.5 Å². The standard InChI is InChI=1S/C16H12Cl2FNO3/c17-11-6-12(18)8-13(7-11)20-15(21)9-23-16(22)5-10-3-1-2-4-14(10)19/h1-4,6-8H,5,9H2,(H,20,21). The summed E-state index contributed by atoms with van der Waals surface area (Å²) >= 11 is 11.6. The van der Waals surface area contributed by atoms with Crippen LogP contribution in [0.1, 0.15) is 5.56 Å². The molecule has 0 saturated carbocycles. The quantitative estimate of drug-likeness (QED) is 0.828. The van der Waals surface area contributed by atoms with E-state index in [4.69, 9.17) is 27.9 Å². The fourth-order valence-electron chi connectivity index (χ4n) is 1.82. The molecule has 0 atom stereocenters. The second kappa shape index (κ2) is 7.94. The summed E-state index contributed by atoms with van der Waals surface area (Å²) in [6.07, 6.45) is -0.247. The van der Waals surface area contributed by atoms with Gasteiger partial charge in [0.05, 0.1) is 6.42 Å². The number of carbonyl (C=O) groups is 2. The molecule has 2 aromatic carbocycles. The number of carbonyl (C=O) groups excluding carboxylic acids is 2. The van der Waals surface area contributed by atoms with E-state index in [1.807, 2.05) is 0 Å². The van der Waals surface area contributed by atoms with Gasteiger partial charge in [-0.25, -0.2) is 4.39 Å². The largest absolute Gasteiger partial charge is 0.455 e. The Morgan fingerprint density at radius 1 is 1.09 bits per heavy atom. The molecule has 1 N–H and O–H groups in total. The lowest BCUT2D eigenvalue weighted by Crippen LogP contribution is -2.21. The van der Waals surface area contributed by atoms with Crippen LogP contribution in [0.5, 0.6) is 0 Å². The first-order valence-electron chi connectivity index (χ1n) is 6.59. The van der Waals surface area contributed by atoms with Gasteiger partial charge in [-0.2, -0.15) is 0 Å². The van der Waals surface area contributed by atoms with Crippen LogP contribution >= 0.6 is 23.2 Å². The van der Waals surface area contributed by atoms with Crippen LogP contribution in [-0.2, 0) is 20.7 Å². The minimum Gasteiger partial charge on any atom is -0.455 e. The molecule has 1 amide bonds. The maximum Gasteiger partial charge on any atom is 0.310 e. The molecule has 2 rings (SSSR count). The number of ether oxygens (including phenoxy) is 1. The molecule has 0 heterocycles. The Balaban J connectivity index is 1.84. The highest BCUT2D eigenvalue weighted by Gasteiger charge is 2.11. The third-order valence-corrected chi connectivity index (χ3v) is 3.24. The van der Waals surface area contributed by atoms with E-state index in [0.717, 1.165) is 0 Å². The minimum atomic E-state index is -0.700. The van der Waals surface area contributed by atoms with Gasteiger partial charge in [-0.3, -0.25) is 9.59 Å². The van der Waals surface area contributed by atoms with E-state index in [-0.39, 0.29) is 12.0 Å². The molecule has 0 spiro atoms. The van der Waals surface area contributed by atoms with Gasteiger partial charge in [0, 0.05) is 15.7 Å². The Bertz CT molecular complexity index is 717. The molecule has 0 fully saturated rings. The Morgan fingerprint density at radius 3 is 2.39 bits per heavy atom. The van der Waals surface area contributed by atoms with E-state index in [1.165, 1.54) is 36.4 Å². The lowest BCUT2D eigenvalue weighted by atomic mass is 10.1. The van der Waals surface area contributed by atoms with Crippen LogP contribution in [0.3, 0.4) is 0 Å². The zero-order valence-corrected chi connectivity index (χ0v) is 13.3. The fourth-order valence-corrected chi connectivity index (χ4v) is 2.34. The molecule has 0 aliphatic carbocycles. The Morgan fingerprint density at radius 2 is 1.74 bits per heavy atom. The van der Waals surface area contributed by atoms with Gasteiger partial charge in [-0.1, -0.05) is 41.4 Å². The number of nitrogens with one attached hydrogen (secondary N) is 1. The zero-order chi connectivity index (χ0) is 16.8. The summed E-state index contributed by atoms with van der Waals surface area (Å²) in [5.41, 5.74) is 0.595. The molecule has 0 aromatic heterocycles. The van der Waals surface area contributed by atoms with E-state index < -0.39 is 24.3 Å². The van der Waals surface area contributed by atoms with Crippen molar-refractivity contribution in [3.05, 3.63) is 63.9 Å². The number of benzene rings is 2. The van der Waals surface area contributed by atoms with Crippen molar-refractivity contribution in [2.75, 3.05) is 11.9 Å².